The number of alkyl halides is 6. The minimum Gasteiger partial charge on any atom is -0.226 e. The maximum Gasteiger partial charge on any atom is 0.429 e. The van der Waals surface area contributed by atoms with E-state index < -0.39 is 29.6 Å². The van der Waals surface area contributed by atoms with E-state index in [1.54, 1.807) is 0 Å². The van der Waals surface area contributed by atoms with Gasteiger partial charge in [0, 0.05) is 11.8 Å². The summed E-state index contributed by atoms with van der Waals surface area (Å²) in [6.45, 7) is 1.69. The lowest BCUT2D eigenvalue weighted by Crippen LogP contribution is -2.73. The molecule has 0 aromatic carbocycles. The van der Waals surface area contributed by atoms with Gasteiger partial charge in [0.25, 0.3) is 11.6 Å². The highest BCUT2D eigenvalue weighted by Gasteiger charge is 2.85. The number of rotatable bonds is 0. The molecule has 0 amide bonds. The first-order valence-electron chi connectivity index (χ1n) is 3.59. The lowest BCUT2D eigenvalue weighted by atomic mass is 9.57. The SMILES string of the molecule is CC1(C)CC(F)(F)C1(F)C(F)(F)F. The van der Waals surface area contributed by atoms with Crippen molar-refractivity contribution >= 4 is 0 Å². The fourth-order valence-corrected chi connectivity index (χ4v) is 1.78. The molecule has 78 valence electrons. The molecule has 1 aliphatic rings. The second kappa shape index (κ2) is 2.15. The van der Waals surface area contributed by atoms with Gasteiger partial charge in [-0.15, -0.1) is 0 Å². The van der Waals surface area contributed by atoms with Crippen molar-refractivity contribution in [2.75, 3.05) is 0 Å². The Labute approximate surface area is 70.9 Å². The van der Waals surface area contributed by atoms with Crippen LogP contribution in [0.2, 0.25) is 0 Å². The molecule has 13 heavy (non-hydrogen) atoms. The monoisotopic (exact) mass is 206 g/mol. The van der Waals surface area contributed by atoms with Crippen molar-refractivity contribution in [2.45, 2.75) is 38.0 Å². The summed E-state index contributed by atoms with van der Waals surface area (Å²) in [5.41, 5.74) is -6.43. The number of hydrogen-bond donors (Lipinski definition) is 0. The van der Waals surface area contributed by atoms with Crippen LogP contribution in [0.5, 0.6) is 0 Å². The van der Waals surface area contributed by atoms with E-state index in [2.05, 4.69) is 0 Å². The molecule has 1 rings (SSSR count). The zero-order valence-electron chi connectivity index (χ0n) is 6.97. The van der Waals surface area contributed by atoms with Gasteiger partial charge in [0.2, 0.25) is 0 Å². The van der Waals surface area contributed by atoms with E-state index in [9.17, 15) is 26.3 Å². The molecule has 0 saturated heterocycles. The van der Waals surface area contributed by atoms with E-state index >= 15 is 0 Å². The van der Waals surface area contributed by atoms with E-state index in [-0.39, 0.29) is 0 Å². The Morgan fingerprint density at radius 1 is 1.00 bits per heavy atom. The molecule has 1 fully saturated rings. The number of halogens is 6. The predicted octanol–water partition coefficient (Wildman–Crippen LogP) is 3.32. The third-order valence-electron chi connectivity index (χ3n) is 2.49. The van der Waals surface area contributed by atoms with Gasteiger partial charge in [-0.25, -0.2) is 13.2 Å². The smallest absolute Gasteiger partial charge is 0.226 e. The second-order valence-electron chi connectivity index (χ2n) is 3.92. The third-order valence-corrected chi connectivity index (χ3v) is 2.49. The standard InChI is InChI=1S/C7H8F6/c1-4(2)3-5(8,9)6(4,10)7(11,12)13/h3H2,1-2H3. The highest BCUT2D eigenvalue weighted by molar-refractivity contribution is 5.19. The summed E-state index contributed by atoms with van der Waals surface area (Å²) in [6.07, 6.45) is -6.59. The molecule has 0 nitrogen and oxygen atoms in total. The molecule has 6 heteroatoms. The minimum atomic E-state index is -5.52. The van der Waals surface area contributed by atoms with Crippen LogP contribution in [-0.4, -0.2) is 17.8 Å². The predicted molar refractivity (Wildman–Crippen MR) is 33.2 cm³/mol. The average molecular weight is 206 g/mol. The highest BCUT2D eigenvalue weighted by atomic mass is 19.4. The van der Waals surface area contributed by atoms with Crippen LogP contribution in [0.3, 0.4) is 0 Å². The highest BCUT2D eigenvalue weighted by Crippen LogP contribution is 2.67. The summed E-state index contributed by atoms with van der Waals surface area (Å²) < 4.78 is 74.1. The van der Waals surface area contributed by atoms with E-state index in [1.807, 2.05) is 0 Å². The molecule has 0 N–H and O–H groups in total. The van der Waals surface area contributed by atoms with Crippen molar-refractivity contribution in [1.29, 1.82) is 0 Å². The zero-order chi connectivity index (χ0) is 10.7. The lowest BCUT2D eigenvalue weighted by molar-refractivity contribution is -0.395. The van der Waals surface area contributed by atoms with Gasteiger partial charge in [-0.1, -0.05) is 13.8 Å². The quantitative estimate of drug-likeness (QED) is 0.533. The van der Waals surface area contributed by atoms with Gasteiger partial charge in [-0.3, -0.25) is 0 Å². The Bertz CT molecular complexity index is 194. The lowest BCUT2D eigenvalue weighted by Gasteiger charge is -2.55. The summed E-state index contributed by atoms with van der Waals surface area (Å²) in [6, 6.07) is 0. The average Bonchev–Trinajstić information content (AvgIpc) is 1.80. The van der Waals surface area contributed by atoms with Crippen LogP contribution in [0, 0.1) is 5.41 Å². The van der Waals surface area contributed by atoms with Crippen LogP contribution in [0.15, 0.2) is 0 Å². The van der Waals surface area contributed by atoms with Crippen molar-refractivity contribution in [2.24, 2.45) is 5.41 Å². The summed E-state index contributed by atoms with van der Waals surface area (Å²) in [7, 11) is 0. The van der Waals surface area contributed by atoms with Gasteiger partial charge in [0.15, 0.2) is 0 Å². The molecule has 1 saturated carbocycles. The molecule has 0 bridgehead atoms. The molecule has 1 atom stereocenters. The summed E-state index contributed by atoms with van der Waals surface area (Å²) in [5, 5.41) is 0. The van der Waals surface area contributed by atoms with Crippen molar-refractivity contribution in [3.05, 3.63) is 0 Å². The minimum absolute atomic E-state index is 0.845. The molecular weight excluding hydrogens is 198 g/mol. The largest absolute Gasteiger partial charge is 0.429 e. The fourth-order valence-electron chi connectivity index (χ4n) is 1.78. The van der Waals surface area contributed by atoms with Gasteiger partial charge < -0.3 is 0 Å². The Morgan fingerprint density at radius 3 is 1.46 bits per heavy atom. The van der Waals surface area contributed by atoms with Crippen molar-refractivity contribution < 1.29 is 26.3 Å². The molecule has 0 aliphatic heterocycles. The van der Waals surface area contributed by atoms with Crippen LogP contribution >= 0.6 is 0 Å². The Hall–Kier alpha value is -0.420. The maximum absolute atomic E-state index is 13.1. The van der Waals surface area contributed by atoms with Gasteiger partial charge >= 0.3 is 6.18 Å². The van der Waals surface area contributed by atoms with E-state index in [0.717, 1.165) is 13.8 Å². The third kappa shape index (κ3) is 1.00. The van der Waals surface area contributed by atoms with Crippen molar-refractivity contribution in [3.8, 4) is 0 Å². The van der Waals surface area contributed by atoms with Crippen LogP contribution in [0.25, 0.3) is 0 Å². The Morgan fingerprint density at radius 2 is 1.38 bits per heavy atom. The molecule has 0 spiro atoms. The van der Waals surface area contributed by atoms with Gasteiger partial charge in [0.1, 0.15) is 0 Å². The zero-order valence-corrected chi connectivity index (χ0v) is 6.97. The van der Waals surface area contributed by atoms with Crippen LogP contribution < -0.4 is 0 Å². The topological polar surface area (TPSA) is 0 Å². The normalized spacial score (nSPS) is 36.9. The molecule has 0 heterocycles. The van der Waals surface area contributed by atoms with Crippen molar-refractivity contribution in [3.63, 3.8) is 0 Å². The van der Waals surface area contributed by atoms with Crippen LogP contribution in [-0.2, 0) is 0 Å². The van der Waals surface area contributed by atoms with Crippen LogP contribution in [0.1, 0.15) is 20.3 Å². The first-order chi connectivity index (χ1) is 5.46. The van der Waals surface area contributed by atoms with Gasteiger partial charge in [0.05, 0.1) is 0 Å². The molecule has 1 aliphatic carbocycles. The summed E-state index contributed by atoms with van der Waals surface area (Å²) >= 11 is 0. The van der Waals surface area contributed by atoms with Crippen LogP contribution in [0.4, 0.5) is 26.3 Å². The molecule has 0 aromatic rings. The summed E-state index contributed by atoms with van der Waals surface area (Å²) in [5.74, 6) is -4.30. The molecule has 0 aromatic heterocycles. The molecule has 0 radical (unpaired) electrons. The first-order valence-corrected chi connectivity index (χ1v) is 3.59. The fraction of sp³-hybridized carbons (Fsp3) is 1.00. The molecule has 1 unspecified atom stereocenters. The summed E-state index contributed by atoms with van der Waals surface area (Å²) in [4.78, 5) is 0. The second-order valence-corrected chi connectivity index (χ2v) is 3.92. The van der Waals surface area contributed by atoms with Gasteiger partial charge in [-0.2, -0.15) is 13.2 Å². The van der Waals surface area contributed by atoms with E-state index in [1.165, 1.54) is 0 Å². The Balaban J connectivity index is 3.12. The number of hydrogen-bond acceptors (Lipinski definition) is 0. The van der Waals surface area contributed by atoms with E-state index in [4.69, 9.17) is 0 Å². The van der Waals surface area contributed by atoms with Crippen molar-refractivity contribution in [1.82, 2.24) is 0 Å². The molecular formula is C7H8F6. The first kappa shape index (κ1) is 10.7. The Kier molecular flexibility index (Phi) is 1.76. The maximum atomic E-state index is 13.1. The van der Waals surface area contributed by atoms with E-state index in [0.29, 0.717) is 0 Å². The van der Waals surface area contributed by atoms with Gasteiger partial charge in [-0.05, 0) is 0 Å².